The highest BCUT2D eigenvalue weighted by Gasteiger charge is 2.21. The molecular formula is C9H11O5P. The predicted molar refractivity (Wildman–Crippen MR) is 53.3 cm³/mol. The highest BCUT2D eigenvalue weighted by Crippen LogP contribution is 2.36. The van der Waals surface area contributed by atoms with E-state index in [0.29, 0.717) is 0 Å². The molecule has 0 saturated carbocycles. The van der Waals surface area contributed by atoms with Gasteiger partial charge in [-0.2, -0.15) is 0 Å². The van der Waals surface area contributed by atoms with Crippen LogP contribution in [0.25, 0.3) is 0 Å². The summed E-state index contributed by atoms with van der Waals surface area (Å²) in [5, 5.41) is 0. The molecule has 0 aromatic heterocycles. The average molecular weight is 230 g/mol. The third-order valence-corrected chi connectivity index (χ3v) is 2.20. The molecule has 82 valence electrons. The van der Waals surface area contributed by atoms with E-state index in [4.69, 9.17) is 9.79 Å². The molecule has 2 N–H and O–H groups in total. The van der Waals surface area contributed by atoms with Gasteiger partial charge in [-0.25, -0.2) is 9.36 Å². The van der Waals surface area contributed by atoms with Crippen molar-refractivity contribution in [2.75, 3.05) is 0 Å². The standard InChI is InChI=1S/C9H11O5P/c1-2-7-3-5-8(6-4-7)9(10)14-15(11,12)13/h3-6H,2H2,1H3,(H2,11,12,13). The van der Waals surface area contributed by atoms with Crippen LogP contribution >= 0.6 is 7.82 Å². The van der Waals surface area contributed by atoms with E-state index in [2.05, 4.69) is 4.52 Å². The summed E-state index contributed by atoms with van der Waals surface area (Å²) >= 11 is 0. The van der Waals surface area contributed by atoms with E-state index in [1.807, 2.05) is 6.92 Å². The summed E-state index contributed by atoms with van der Waals surface area (Å²) in [4.78, 5) is 28.0. The number of rotatable bonds is 3. The number of carbonyl (C=O) groups excluding carboxylic acids is 1. The molecule has 0 aliphatic heterocycles. The van der Waals surface area contributed by atoms with Crippen LogP contribution in [0.4, 0.5) is 0 Å². The Hall–Kier alpha value is -1.16. The lowest BCUT2D eigenvalue weighted by Gasteiger charge is -2.05. The van der Waals surface area contributed by atoms with E-state index in [9.17, 15) is 9.36 Å². The molecule has 6 heteroatoms. The van der Waals surface area contributed by atoms with Crippen LogP contribution in [0.1, 0.15) is 22.8 Å². The van der Waals surface area contributed by atoms with Crippen LogP contribution in [-0.2, 0) is 15.5 Å². The Morgan fingerprint density at radius 1 is 1.33 bits per heavy atom. The fraction of sp³-hybridized carbons (Fsp3) is 0.222. The molecule has 1 aromatic rings. The first kappa shape index (κ1) is 11.9. The maximum absolute atomic E-state index is 11.1. The number of carbonyl (C=O) groups is 1. The maximum Gasteiger partial charge on any atom is 0.527 e. The van der Waals surface area contributed by atoms with E-state index >= 15 is 0 Å². The Balaban J connectivity index is 2.79. The van der Waals surface area contributed by atoms with Gasteiger partial charge in [-0.05, 0) is 24.1 Å². The topological polar surface area (TPSA) is 83.8 Å². The molecule has 0 radical (unpaired) electrons. The zero-order valence-corrected chi connectivity index (χ0v) is 8.98. The van der Waals surface area contributed by atoms with E-state index in [1.165, 1.54) is 12.1 Å². The minimum Gasteiger partial charge on any atom is -0.367 e. The monoisotopic (exact) mass is 230 g/mol. The first-order chi connectivity index (χ1) is 6.92. The lowest BCUT2D eigenvalue weighted by molar-refractivity contribution is 0.0678. The van der Waals surface area contributed by atoms with Gasteiger partial charge >= 0.3 is 13.8 Å². The zero-order chi connectivity index (χ0) is 11.5. The smallest absolute Gasteiger partial charge is 0.367 e. The van der Waals surface area contributed by atoms with Crippen molar-refractivity contribution in [3.8, 4) is 0 Å². The van der Waals surface area contributed by atoms with E-state index in [-0.39, 0.29) is 5.56 Å². The molecular weight excluding hydrogens is 219 g/mol. The van der Waals surface area contributed by atoms with E-state index in [1.54, 1.807) is 12.1 Å². The van der Waals surface area contributed by atoms with Gasteiger partial charge in [0.1, 0.15) is 0 Å². The van der Waals surface area contributed by atoms with Crippen LogP contribution in [0.3, 0.4) is 0 Å². The second-order valence-electron chi connectivity index (χ2n) is 2.92. The van der Waals surface area contributed by atoms with Gasteiger partial charge in [-0.3, -0.25) is 9.79 Å². The quantitative estimate of drug-likeness (QED) is 0.768. The van der Waals surface area contributed by atoms with Gasteiger partial charge in [0.2, 0.25) is 0 Å². The van der Waals surface area contributed by atoms with Crippen molar-refractivity contribution < 1.29 is 23.7 Å². The highest BCUT2D eigenvalue weighted by atomic mass is 31.2. The fourth-order valence-electron chi connectivity index (χ4n) is 1.04. The molecule has 0 fully saturated rings. The number of phosphoric acid groups is 1. The van der Waals surface area contributed by atoms with Gasteiger partial charge in [0.05, 0.1) is 5.56 Å². The summed E-state index contributed by atoms with van der Waals surface area (Å²) in [5.41, 5.74) is 1.15. The molecule has 0 bridgehead atoms. The van der Waals surface area contributed by atoms with Crippen LogP contribution in [-0.4, -0.2) is 15.8 Å². The largest absolute Gasteiger partial charge is 0.527 e. The number of aryl methyl sites for hydroxylation is 1. The summed E-state index contributed by atoms with van der Waals surface area (Å²) in [7, 11) is -4.76. The Morgan fingerprint density at radius 2 is 1.87 bits per heavy atom. The first-order valence-electron chi connectivity index (χ1n) is 4.31. The molecule has 0 atom stereocenters. The van der Waals surface area contributed by atoms with Gasteiger partial charge in [0, 0.05) is 0 Å². The Kier molecular flexibility index (Phi) is 3.63. The van der Waals surface area contributed by atoms with Crippen LogP contribution in [0.2, 0.25) is 0 Å². The molecule has 0 heterocycles. The summed E-state index contributed by atoms with van der Waals surface area (Å²) in [6.07, 6.45) is 0.827. The fourth-order valence-corrected chi connectivity index (χ4v) is 1.36. The molecule has 5 nitrogen and oxygen atoms in total. The van der Waals surface area contributed by atoms with Crippen molar-refractivity contribution in [3.05, 3.63) is 35.4 Å². The molecule has 0 saturated heterocycles. The second kappa shape index (κ2) is 4.57. The van der Waals surface area contributed by atoms with Crippen LogP contribution in [0.5, 0.6) is 0 Å². The Labute approximate surface area is 86.9 Å². The van der Waals surface area contributed by atoms with E-state index in [0.717, 1.165) is 12.0 Å². The lowest BCUT2D eigenvalue weighted by atomic mass is 10.1. The minimum atomic E-state index is -4.76. The molecule has 1 rings (SSSR count). The molecule has 0 aliphatic carbocycles. The third-order valence-electron chi connectivity index (χ3n) is 1.80. The van der Waals surface area contributed by atoms with Gasteiger partial charge in [0.25, 0.3) is 0 Å². The summed E-state index contributed by atoms with van der Waals surface area (Å²) < 4.78 is 14.3. The van der Waals surface area contributed by atoms with Crippen LogP contribution in [0, 0.1) is 0 Å². The summed E-state index contributed by atoms with van der Waals surface area (Å²) in [6, 6.07) is 6.35. The van der Waals surface area contributed by atoms with Crippen molar-refractivity contribution in [2.45, 2.75) is 13.3 Å². The SMILES string of the molecule is CCc1ccc(C(=O)OP(=O)(O)O)cc1. The molecule has 0 aliphatic rings. The van der Waals surface area contributed by atoms with E-state index < -0.39 is 13.8 Å². The number of hydrogen-bond acceptors (Lipinski definition) is 3. The summed E-state index contributed by atoms with van der Waals surface area (Å²) in [6.45, 7) is 1.96. The van der Waals surface area contributed by atoms with Crippen molar-refractivity contribution in [1.29, 1.82) is 0 Å². The highest BCUT2D eigenvalue weighted by molar-refractivity contribution is 7.46. The molecule has 0 amide bonds. The minimum absolute atomic E-state index is 0.121. The zero-order valence-electron chi connectivity index (χ0n) is 8.08. The van der Waals surface area contributed by atoms with Crippen LogP contribution < -0.4 is 0 Å². The maximum atomic E-state index is 11.1. The Bertz CT molecular complexity index is 391. The van der Waals surface area contributed by atoms with Gasteiger partial charge in [-0.1, -0.05) is 19.1 Å². The van der Waals surface area contributed by atoms with Crippen LogP contribution in [0.15, 0.2) is 24.3 Å². The van der Waals surface area contributed by atoms with Crippen molar-refractivity contribution >= 4 is 13.8 Å². The average Bonchev–Trinajstić information content (AvgIpc) is 2.15. The Morgan fingerprint density at radius 3 is 2.27 bits per heavy atom. The molecule has 1 aromatic carbocycles. The molecule has 0 spiro atoms. The second-order valence-corrected chi connectivity index (χ2v) is 4.08. The number of phosphoric ester groups is 1. The number of hydrogen-bond donors (Lipinski definition) is 2. The summed E-state index contributed by atoms with van der Waals surface area (Å²) in [5.74, 6) is -1.02. The first-order valence-corrected chi connectivity index (χ1v) is 5.84. The van der Waals surface area contributed by atoms with Gasteiger partial charge < -0.3 is 4.52 Å². The van der Waals surface area contributed by atoms with Crippen molar-refractivity contribution in [2.24, 2.45) is 0 Å². The molecule has 0 unspecified atom stereocenters. The molecule has 15 heavy (non-hydrogen) atoms. The third kappa shape index (κ3) is 3.83. The van der Waals surface area contributed by atoms with Crippen molar-refractivity contribution in [3.63, 3.8) is 0 Å². The van der Waals surface area contributed by atoms with Gasteiger partial charge in [0.15, 0.2) is 0 Å². The normalized spacial score (nSPS) is 11.1. The number of benzene rings is 1. The lowest BCUT2D eigenvalue weighted by Crippen LogP contribution is -2.03. The van der Waals surface area contributed by atoms with Gasteiger partial charge in [-0.15, -0.1) is 0 Å². The predicted octanol–water partition coefficient (Wildman–Crippen LogP) is 1.50. The van der Waals surface area contributed by atoms with Crippen molar-refractivity contribution in [1.82, 2.24) is 0 Å².